The van der Waals surface area contributed by atoms with E-state index in [1.807, 2.05) is 30.3 Å². The lowest BCUT2D eigenvalue weighted by Gasteiger charge is -2.10. The Kier molecular flexibility index (Phi) is 8.20. The fourth-order valence-electron chi connectivity index (χ4n) is 2.55. The quantitative estimate of drug-likeness (QED) is 0.632. The molecule has 0 spiro atoms. The molecule has 0 atom stereocenters. The van der Waals surface area contributed by atoms with Crippen molar-refractivity contribution >= 4 is 23.5 Å². The fourth-order valence-corrected chi connectivity index (χ4v) is 3.39. The summed E-state index contributed by atoms with van der Waals surface area (Å²) >= 11 is 1.50. The molecule has 1 N–H and O–H groups in total. The number of hydrogen-bond donors (Lipinski definition) is 1. The van der Waals surface area contributed by atoms with Crippen LogP contribution in [0.5, 0.6) is 11.5 Å². The summed E-state index contributed by atoms with van der Waals surface area (Å²) in [5, 5.41) is 2.93. The van der Waals surface area contributed by atoms with E-state index in [0.29, 0.717) is 23.6 Å². The Hall–Kier alpha value is -2.47. The zero-order chi connectivity index (χ0) is 19.6. The summed E-state index contributed by atoms with van der Waals surface area (Å²) in [6.07, 6.45) is 0.773. The van der Waals surface area contributed by atoms with Crippen molar-refractivity contribution in [1.82, 2.24) is 5.32 Å². The highest BCUT2D eigenvalue weighted by Gasteiger charge is 2.09. The van der Waals surface area contributed by atoms with Crippen LogP contribution in [-0.4, -0.2) is 38.2 Å². The molecule has 0 saturated carbocycles. The van der Waals surface area contributed by atoms with Crippen molar-refractivity contribution in [1.29, 1.82) is 0 Å². The monoisotopic (exact) mass is 387 g/mol. The van der Waals surface area contributed by atoms with Crippen LogP contribution in [-0.2, 0) is 17.0 Å². The highest BCUT2D eigenvalue weighted by atomic mass is 32.2. The number of carbonyl (C=O) groups is 2. The third-order valence-corrected chi connectivity index (χ3v) is 5.05. The van der Waals surface area contributed by atoms with Crippen LogP contribution in [0.25, 0.3) is 0 Å². The molecule has 0 fully saturated rings. The second-order valence-corrected chi connectivity index (χ2v) is 7.01. The first kappa shape index (κ1) is 20.8. The molecule has 0 unspecified atom stereocenters. The van der Waals surface area contributed by atoms with E-state index in [1.54, 1.807) is 26.4 Å². The van der Waals surface area contributed by atoms with Crippen molar-refractivity contribution in [2.75, 3.05) is 26.5 Å². The van der Waals surface area contributed by atoms with Crippen molar-refractivity contribution in [3.05, 3.63) is 59.2 Å². The number of benzene rings is 2. The average Bonchev–Trinajstić information content (AvgIpc) is 2.68. The van der Waals surface area contributed by atoms with Crippen molar-refractivity contribution in [3.63, 3.8) is 0 Å². The van der Waals surface area contributed by atoms with E-state index in [1.165, 1.54) is 18.7 Å². The maximum Gasteiger partial charge on any atom is 0.230 e. The van der Waals surface area contributed by atoms with E-state index in [9.17, 15) is 9.59 Å². The van der Waals surface area contributed by atoms with Crippen molar-refractivity contribution in [2.45, 2.75) is 19.1 Å². The third-order valence-electron chi connectivity index (χ3n) is 4.07. The Morgan fingerprint density at radius 3 is 2.41 bits per heavy atom. The molecule has 0 aliphatic rings. The van der Waals surface area contributed by atoms with Crippen LogP contribution in [0, 0.1) is 0 Å². The van der Waals surface area contributed by atoms with Gasteiger partial charge in [0.2, 0.25) is 5.91 Å². The largest absolute Gasteiger partial charge is 0.497 e. The van der Waals surface area contributed by atoms with E-state index in [0.717, 1.165) is 29.0 Å². The minimum atomic E-state index is -0.00444. The number of Topliss-reactive ketones (excluding diaryl/α,β-unsaturated/α-hetero) is 1. The molecule has 144 valence electrons. The fraction of sp³-hybridized carbons (Fsp3) is 0.333. The first-order valence-corrected chi connectivity index (χ1v) is 9.84. The molecule has 27 heavy (non-hydrogen) atoms. The summed E-state index contributed by atoms with van der Waals surface area (Å²) in [6, 6.07) is 13.2. The summed E-state index contributed by atoms with van der Waals surface area (Å²) in [5.74, 6) is 2.53. The van der Waals surface area contributed by atoms with Gasteiger partial charge < -0.3 is 14.8 Å². The lowest BCUT2D eigenvalue weighted by Crippen LogP contribution is -2.27. The van der Waals surface area contributed by atoms with Crippen molar-refractivity contribution < 1.29 is 19.1 Å². The van der Waals surface area contributed by atoms with Gasteiger partial charge in [0, 0.05) is 23.4 Å². The van der Waals surface area contributed by atoms with E-state index >= 15 is 0 Å². The van der Waals surface area contributed by atoms with Gasteiger partial charge >= 0.3 is 0 Å². The molecule has 1 amide bonds. The van der Waals surface area contributed by atoms with Gasteiger partial charge in [-0.1, -0.05) is 12.1 Å². The summed E-state index contributed by atoms with van der Waals surface area (Å²) < 4.78 is 10.5. The highest BCUT2D eigenvalue weighted by molar-refractivity contribution is 7.99. The van der Waals surface area contributed by atoms with E-state index < -0.39 is 0 Å². The van der Waals surface area contributed by atoms with Crippen molar-refractivity contribution in [3.8, 4) is 11.5 Å². The molecular formula is C21H25NO4S. The standard InChI is InChI=1S/C21H25NO4S/c1-15(23)17-6-9-20(26-3)18(12-17)13-27-14-21(24)22-11-10-16-4-7-19(25-2)8-5-16/h4-9,12H,10-11,13-14H2,1-3H3,(H,22,24). The smallest absolute Gasteiger partial charge is 0.230 e. The van der Waals surface area contributed by atoms with Crippen molar-refractivity contribution in [2.24, 2.45) is 0 Å². The molecule has 2 rings (SSSR count). The molecule has 2 aromatic rings. The number of methoxy groups -OCH3 is 2. The molecule has 0 aliphatic heterocycles. The molecular weight excluding hydrogens is 362 g/mol. The summed E-state index contributed by atoms with van der Waals surface area (Å²) in [5.41, 5.74) is 2.71. The van der Waals surface area contributed by atoms with E-state index in [2.05, 4.69) is 5.32 Å². The van der Waals surface area contributed by atoms with Gasteiger partial charge in [-0.2, -0.15) is 0 Å². The predicted molar refractivity (Wildman–Crippen MR) is 109 cm³/mol. The number of nitrogens with one attached hydrogen (secondary N) is 1. The highest BCUT2D eigenvalue weighted by Crippen LogP contribution is 2.24. The number of ketones is 1. The van der Waals surface area contributed by atoms with Gasteiger partial charge in [-0.15, -0.1) is 11.8 Å². The number of amides is 1. The van der Waals surface area contributed by atoms with Gasteiger partial charge in [0.1, 0.15) is 11.5 Å². The Labute approximate surface area is 164 Å². The first-order valence-electron chi connectivity index (χ1n) is 8.68. The number of thioether (sulfide) groups is 1. The maximum absolute atomic E-state index is 12.0. The topological polar surface area (TPSA) is 64.6 Å². The molecule has 0 heterocycles. The molecule has 0 saturated heterocycles. The van der Waals surface area contributed by atoms with Gasteiger partial charge in [-0.25, -0.2) is 0 Å². The summed E-state index contributed by atoms with van der Waals surface area (Å²) in [7, 11) is 3.24. The molecule has 5 nitrogen and oxygen atoms in total. The SMILES string of the molecule is COc1ccc(CCNC(=O)CSCc2cc(C(C)=O)ccc2OC)cc1. The second-order valence-electron chi connectivity index (χ2n) is 6.02. The minimum absolute atomic E-state index is 0.00444. The van der Waals surface area contributed by atoms with Crippen LogP contribution in [0.4, 0.5) is 0 Å². The van der Waals surface area contributed by atoms with Gasteiger partial charge in [0.15, 0.2) is 5.78 Å². The van der Waals surface area contributed by atoms with Gasteiger partial charge in [-0.05, 0) is 49.2 Å². The molecule has 0 aromatic heterocycles. The number of carbonyl (C=O) groups excluding carboxylic acids is 2. The van der Waals surface area contributed by atoms with Gasteiger partial charge in [0.25, 0.3) is 0 Å². The Balaban J connectivity index is 1.75. The molecule has 6 heteroatoms. The molecule has 0 aliphatic carbocycles. The zero-order valence-electron chi connectivity index (χ0n) is 15.9. The van der Waals surface area contributed by atoms with Crippen LogP contribution in [0.15, 0.2) is 42.5 Å². The first-order chi connectivity index (χ1) is 13.0. The lowest BCUT2D eigenvalue weighted by atomic mass is 10.1. The number of rotatable bonds is 10. The van der Waals surface area contributed by atoms with Crippen LogP contribution < -0.4 is 14.8 Å². The van der Waals surface area contributed by atoms with Gasteiger partial charge in [-0.3, -0.25) is 9.59 Å². The maximum atomic E-state index is 12.0. The third kappa shape index (κ3) is 6.64. The predicted octanol–water partition coefficient (Wildman–Crippen LogP) is 3.50. The zero-order valence-corrected chi connectivity index (χ0v) is 16.7. The normalized spacial score (nSPS) is 10.3. The lowest BCUT2D eigenvalue weighted by molar-refractivity contribution is -0.118. The van der Waals surface area contributed by atoms with Gasteiger partial charge in [0.05, 0.1) is 20.0 Å². The van der Waals surface area contributed by atoms with E-state index in [-0.39, 0.29) is 11.7 Å². The Morgan fingerprint density at radius 1 is 1.04 bits per heavy atom. The summed E-state index contributed by atoms with van der Waals surface area (Å²) in [6.45, 7) is 2.13. The van der Waals surface area contributed by atoms with Crippen LogP contribution in [0.1, 0.15) is 28.4 Å². The van der Waals surface area contributed by atoms with E-state index in [4.69, 9.17) is 9.47 Å². The van der Waals surface area contributed by atoms with Crippen LogP contribution in [0.3, 0.4) is 0 Å². The average molecular weight is 388 g/mol. The second kappa shape index (κ2) is 10.6. The molecule has 0 radical (unpaired) electrons. The molecule has 0 bridgehead atoms. The number of hydrogen-bond acceptors (Lipinski definition) is 5. The summed E-state index contributed by atoms with van der Waals surface area (Å²) in [4.78, 5) is 23.5. The minimum Gasteiger partial charge on any atom is -0.497 e. The van der Waals surface area contributed by atoms with Crippen LogP contribution in [0.2, 0.25) is 0 Å². The van der Waals surface area contributed by atoms with Crippen LogP contribution >= 0.6 is 11.8 Å². The Bertz CT molecular complexity index is 774. The molecule has 2 aromatic carbocycles. The number of ether oxygens (including phenoxy) is 2. The Morgan fingerprint density at radius 2 is 1.78 bits per heavy atom.